The third-order valence-electron chi connectivity index (χ3n) is 3.17. The van der Waals surface area contributed by atoms with Crippen LogP contribution in [0.5, 0.6) is 5.75 Å². The molecule has 0 spiro atoms. The molecular weight excluding hydrogens is 284 g/mol. The number of aromatic hydroxyl groups is 1. The van der Waals surface area contributed by atoms with Gasteiger partial charge in [0, 0.05) is 0 Å². The van der Waals surface area contributed by atoms with Crippen LogP contribution in [0.25, 0.3) is 0 Å². The van der Waals surface area contributed by atoms with E-state index in [0.29, 0.717) is 0 Å². The van der Waals surface area contributed by atoms with Crippen molar-refractivity contribution in [3.8, 4) is 5.75 Å². The quantitative estimate of drug-likeness (QED) is 0.419. The molecule has 5 N–H and O–H groups in total. The Morgan fingerprint density at radius 1 is 1.10 bits per heavy atom. The van der Waals surface area contributed by atoms with E-state index in [1.807, 2.05) is 0 Å². The maximum absolute atomic E-state index is 11.9. The topological polar surface area (TPSA) is 137 Å². The molecule has 1 fully saturated rings. The van der Waals surface area contributed by atoms with Crippen LogP contribution in [0.2, 0.25) is 0 Å². The molecule has 0 unspecified atom stereocenters. The molecule has 8 heteroatoms. The molecule has 0 radical (unpaired) electrons. The fourth-order valence-electron chi connectivity index (χ4n) is 1.94. The van der Waals surface area contributed by atoms with Gasteiger partial charge in [-0.1, -0.05) is 0 Å². The van der Waals surface area contributed by atoms with Crippen molar-refractivity contribution in [2.24, 2.45) is 0 Å². The highest BCUT2D eigenvalue weighted by molar-refractivity contribution is 5.89. The number of rotatable bonds is 3. The molecule has 21 heavy (non-hydrogen) atoms. The van der Waals surface area contributed by atoms with E-state index in [9.17, 15) is 20.1 Å². The van der Waals surface area contributed by atoms with Crippen LogP contribution in [0.4, 0.5) is 0 Å². The van der Waals surface area contributed by atoms with Gasteiger partial charge in [0.2, 0.25) is 6.29 Å². The van der Waals surface area contributed by atoms with Gasteiger partial charge < -0.3 is 35.0 Å². The molecule has 116 valence electrons. The van der Waals surface area contributed by atoms with E-state index in [1.165, 1.54) is 24.3 Å². The number of benzene rings is 1. The summed E-state index contributed by atoms with van der Waals surface area (Å²) in [5, 5.41) is 47.0. The zero-order valence-corrected chi connectivity index (χ0v) is 10.9. The van der Waals surface area contributed by atoms with E-state index in [4.69, 9.17) is 19.7 Å². The highest BCUT2D eigenvalue weighted by Crippen LogP contribution is 2.23. The van der Waals surface area contributed by atoms with Gasteiger partial charge in [-0.2, -0.15) is 0 Å². The number of hydrogen-bond donors (Lipinski definition) is 5. The number of carbonyl (C=O) groups is 1. The molecule has 1 saturated heterocycles. The third kappa shape index (κ3) is 3.31. The predicted octanol–water partition coefficient (Wildman–Crippen LogP) is -1.65. The van der Waals surface area contributed by atoms with Crippen molar-refractivity contribution >= 4 is 5.97 Å². The SMILES string of the molecule is O=C(O[C@H]1O[C@H](CO)[C@@H](O)[C@H](O)[C@H]1O)c1ccc(O)cc1. The molecule has 0 amide bonds. The van der Waals surface area contributed by atoms with Crippen molar-refractivity contribution in [1.29, 1.82) is 0 Å². The monoisotopic (exact) mass is 300 g/mol. The number of esters is 1. The van der Waals surface area contributed by atoms with E-state index in [2.05, 4.69) is 0 Å². The van der Waals surface area contributed by atoms with Crippen molar-refractivity contribution in [2.45, 2.75) is 30.7 Å². The molecule has 0 aromatic heterocycles. The molecule has 0 aliphatic carbocycles. The molecule has 1 aromatic rings. The first-order valence-electron chi connectivity index (χ1n) is 6.24. The number of carbonyl (C=O) groups excluding carboxylic acids is 1. The molecule has 5 atom stereocenters. The van der Waals surface area contributed by atoms with Gasteiger partial charge in [-0.25, -0.2) is 4.79 Å². The van der Waals surface area contributed by atoms with Gasteiger partial charge in [0.15, 0.2) is 0 Å². The van der Waals surface area contributed by atoms with Crippen molar-refractivity contribution in [3.05, 3.63) is 29.8 Å². The number of hydrogen-bond acceptors (Lipinski definition) is 8. The zero-order valence-electron chi connectivity index (χ0n) is 10.9. The Morgan fingerprint density at radius 2 is 1.71 bits per heavy atom. The average Bonchev–Trinajstić information content (AvgIpc) is 2.48. The highest BCUT2D eigenvalue weighted by atomic mass is 16.7. The van der Waals surface area contributed by atoms with Gasteiger partial charge in [0.1, 0.15) is 30.2 Å². The minimum absolute atomic E-state index is 0.0283. The number of aliphatic hydroxyl groups is 4. The summed E-state index contributed by atoms with van der Waals surface area (Å²) in [6, 6.07) is 5.18. The standard InChI is InChI=1S/C13H16O8/c14-5-8-9(16)10(17)11(18)13(20-8)21-12(19)6-1-3-7(15)4-2-6/h1-4,8-11,13-18H,5H2/t8-,9-,10+,11-,13-/m1/s1. The van der Waals surface area contributed by atoms with Gasteiger partial charge in [0.05, 0.1) is 12.2 Å². The van der Waals surface area contributed by atoms with Crippen molar-refractivity contribution in [2.75, 3.05) is 6.61 Å². The van der Waals surface area contributed by atoms with E-state index >= 15 is 0 Å². The smallest absolute Gasteiger partial charge is 0.340 e. The third-order valence-corrected chi connectivity index (χ3v) is 3.17. The summed E-state index contributed by atoms with van der Waals surface area (Å²) in [6.45, 7) is -0.613. The molecule has 0 saturated carbocycles. The average molecular weight is 300 g/mol. The van der Waals surface area contributed by atoms with E-state index in [-0.39, 0.29) is 11.3 Å². The maximum Gasteiger partial charge on any atom is 0.340 e. The Balaban J connectivity index is 2.07. The largest absolute Gasteiger partial charge is 0.508 e. The second-order valence-corrected chi connectivity index (χ2v) is 4.65. The lowest BCUT2D eigenvalue weighted by Crippen LogP contribution is -2.59. The van der Waals surface area contributed by atoms with Crippen molar-refractivity contribution in [3.63, 3.8) is 0 Å². The maximum atomic E-state index is 11.9. The molecule has 1 aliphatic rings. The minimum Gasteiger partial charge on any atom is -0.508 e. The van der Waals surface area contributed by atoms with Crippen LogP contribution in [-0.4, -0.2) is 68.8 Å². The predicted molar refractivity (Wildman–Crippen MR) is 67.3 cm³/mol. The normalized spacial score (nSPS) is 32.7. The Labute approximate surface area is 119 Å². The fourth-order valence-corrected chi connectivity index (χ4v) is 1.94. The lowest BCUT2D eigenvalue weighted by molar-refractivity contribution is -0.285. The summed E-state index contributed by atoms with van der Waals surface area (Å²) >= 11 is 0. The summed E-state index contributed by atoms with van der Waals surface area (Å²) in [6.07, 6.45) is -7.46. The molecular formula is C13H16O8. The van der Waals surface area contributed by atoms with Gasteiger partial charge in [-0.15, -0.1) is 0 Å². The van der Waals surface area contributed by atoms with Gasteiger partial charge >= 0.3 is 5.97 Å². The van der Waals surface area contributed by atoms with Crippen LogP contribution in [0.15, 0.2) is 24.3 Å². The van der Waals surface area contributed by atoms with Crippen LogP contribution in [-0.2, 0) is 9.47 Å². The van der Waals surface area contributed by atoms with Crippen LogP contribution in [0.1, 0.15) is 10.4 Å². The molecule has 1 aliphatic heterocycles. The van der Waals surface area contributed by atoms with Crippen molar-refractivity contribution < 1.29 is 39.8 Å². The first-order chi connectivity index (χ1) is 9.93. The summed E-state index contributed by atoms with van der Waals surface area (Å²) in [7, 11) is 0. The Hall–Kier alpha value is -1.71. The molecule has 1 heterocycles. The Morgan fingerprint density at radius 3 is 2.29 bits per heavy atom. The lowest BCUT2D eigenvalue weighted by Gasteiger charge is -2.39. The molecule has 2 rings (SSSR count). The highest BCUT2D eigenvalue weighted by Gasteiger charge is 2.45. The van der Waals surface area contributed by atoms with E-state index < -0.39 is 43.3 Å². The van der Waals surface area contributed by atoms with Crippen LogP contribution in [0, 0.1) is 0 Å². The summed E-state index contributed by atoms with van der Waals surface area (Å²) in [5.41, 5.74) is 0.102. The minimum atomic E-state index is -1.65. The fraction of sp³-hybridized carbons (Fsp3) is 0.462. The number of phenolic OH excluding ortho intramolecular Hbond substituents is 1. The molecule has 8 nitrogen and oxygen atoms in total. The second-order valence-electron chi connectivity index (χ2n) is 4.65. The van der Waals surface area contributed by atoms with Crippen LogP contribution in [0.3, 0.4) is 0 Å². The number of phenols is 1. The summed E-state index contributed by atoms with van der Waals surface area (Å²) < 4.78 is 9.95. The van der Waals surface area contributed by atoms with Gasteiger partial charge in [-0.05, 0) is 24.3 Å². The number of ether oxygens (including phenoxy) is 2. The lowest BCUT2D eigenvalue weighted by atomic mass is 9.99. The van der Waals surface area contributed by atoms with Crippen LogP contribution >= 0.6 is 0 Å². The first kappa shape index (κ1) is 15.7. The Bertz CT molecular complexity index is 485. The second kappa shape index (κ2) is 6.37. The molecule has 0 bridgehead atoms. The number of aliphatic hydroxyl groups excluding tert-OH is 4. The van der Waals surface area contributed by atoms with E-state index in [1.54, 1.807) is 0 Å². The van der Waals surface area contributed by atoms with E-state index in [0.717, 1.165) is 0 Å². The zero-order chi connectivity index (χ0) is 15.6. The summed E-state index contributed by atoms with van der Waals surface area (Å²) in [5.74, 6) is -0.876. The summed E-state index contributed by atoms with van der Waals surface area (Å²) in [4.78, 5) is 11.9. The van der Waals surface area contributed by atoms with Crippen LogP contribution < -0.4 is 0 Å². The first-order valence-corrected chi connectivity index (χ1v) is 6.24. The molecule has 1 aromatic carbocycles. The van der Waals surface area contributed by atoms with Crippen molar-refractivity contribution in [1.82, 2.24) is 0 Å². The van der Waals surface area contributed by atoms with Gasteiger partial charge in [-0.3, -0.25) is 0 Å². The Kier molecular flexibility index (Phi) is 4.76. The van der Waals surface area contributed by atoms with Gasteiger partial charge in [0.25, 0.3) is 0 Å².